The number of carbonyl (C=O) groups excluding carboxylic acids is 1. The standard InChI is InChI=1S/C20H20FN3O/c1-13(2)18-9-4-6-14(3)19(18)24-20(25)15(11-22)12-23-17-8-5-7-16(21)10-17/h4-10,12-13,23H,1-3H3,(H,24,25)/b15-12-. The number of halogens is 1. The summed E-state index contributed by atoms with van der Waals surface area (Å²) in [7, 11) is 0. The number of nitrogens with one attached hydrogen (secondary N) is 2. The SMILES string of the molecule is Cc1cccc(C(C)C)c1NC(=O)/C(C#N)=C\Nc1cccc(F)c1. The second-order valence-corrected chi connectivity index (χ2v) is 5.97. The first kappa shape index (κ1) is 18.2. The molecule has 0 bridgehead atoms. The van der Waals surface area contributed by atoms with E-state index in [1.807, 2.05) is 45.0 Å². The van der Waals surface area contributed by atoms with E-state index in [9.17, 15) is 14.4 Å². The monoisotopic (exact) mass is 337 g/mol. The van der Waals surface area contributed by atoms with Gasteiger partial charge in [0.25, 0.3) is 5.91 Å². The summed E-state index contributed by atoms with van der Waals surface area (Å²) in [4.78, 5) is 12.4. The number of anilines is 2. The maximum atomic E-state index is 13.2. The molecule has 0 spiro atoms. The lowest BCUT2D eigenvalue weighted by molar-refractivity contribution is -0.112. The van der Waals surface area contributed by atoms with Gasteiger partial charge in [0.05, 0.1) is 0 Å². The topological polar surface area (TPSA) is 64.9 Å². The van der Waals surface area contributed by atoms with Crippen molar-refractivity contribution in [3.63, 3.8) is 0 Å². The van der Waals surface area contributed by atoms with Crippen molar-refractivity contribution in [2.24, 2.45) is 0 Å². The van der Waals surface area contributed by atoms with Crippen molar-refractivity contribution in [1.29, 1.82) is 5.26 Å². The zero-order valence-corrected chi connectivity index (χ0v) is 14.4. The predicted octanol–water partition coefficient (Wildman–Crippen LogP) is 4.72. The zero-order valence-electron chi connectivity index (χ0n) is 14.4. The summed E-state index contributed by atoms with van der Waals surface area (Å²) in [5.41, 5.74) is 3.01. The normalized spacial score (nSPS) is 11.1. The van der Waals surface area contributed by atoms with Crippen LogP contribution in [0, 0.1) is 24.1 Å². The predicted molar refractivity (Wildman–Crippen MR) is 97.6 cm³/mol. The first-order valence-corrected chi connectivity index (χ1v) is 7.95. The van der Waals surface area contributed by atoms with Gasteiger partial charge in [0.15, 0.2) is 0 Å². The quantitative estimate of drug-likeness (QED) is 0.613. The van der Waals surface area contributed by atoms with Gasteiger partial charge in [-0.15, -0.1) is 0 Å². The second kappa shape index (κ2) is 8.11. The van der Waals surface area contributed by atoms with Crippen molar-refractivity contribution in [2.75, 3.05) is 10.6 Å². The van der Waals surface area contributed by atoms with Crippen LogP contribution >= 0.6 is 0 Å². The Kier molecular flexibility index (Phi) is 5.91. The molecule has 0 aliphatic heterocycles. The van der Waals surface area contributed by atoms with E-state index in [2.05, 4.69) is 10.6 Å². The van der Waals surface area contributed by atoms with E-state index in [4.69, 9.17) is 0 Å². The van der Waals surface area contributed by atoms with E-state index >= 15 is 0 Å². The Morgan fingerprint density at radius 1 is 1.24 bits per heavy atom. The van der Waals surface area contributed by atoms with Gasteiger partial charge in [-0.05, 0) is 42.2 Å². The van der Waals surface area contributed by atoms with E-state index in [1.54, 1.807) is 12.1 Å². The molecule has 2 aromatic rings. The largest absolute Gasteiger partial charge is 0.360 e. The maximum absolute atomic E-state index is 13.2. The molecule has 0 aliphatic rings. The molecule has 0 saturated carbocycles. The van der Waals surface area contributed by atoms with Crippen LogP contribution < -0.4 is 10.6 Å². The van der Waals surface area contributed by atoms with Crippen LogP contribution in [0.25, 0.3) is 0 Å². The third kappa shape index (κ3) is 4.67. The average molecular weight is 337 g/mol. The number of benzene rings is 2. The van der Waals surface area contributed by atoms with E-state index in [-0.39, 0.29) is 11.5 Å². The fourth-order valence-electron chi connectivity index (χ4n) is 2.41. The van der Waals surface area contributed by atoms with Crippen molar-refractivity contribution in [1.82, 2.24) is 0 Å². The van der Waals surface area contributed by atoms with Gasteiger partial charge in [-0.2, -0.15) is 5.26 Å². The third-order valence-corrected chi connectivity index (χ3v) is 3.74. The molecule has 0 atom stereocenters. The van der Waals surface area contributed by atoms with Crippen LogP contribution in [0.4, 0.5) is 15.8 Å². The Bertz CT molecular complexity index is 850. The van der Waals surface area contributed by atoms with Gasteiger partial charge in [-0.25, -0.2) is 4.39 Å². The van der Waals surface area contributed by atoms with E-state index in [0.29, 0.717) is 5.69 Å². The summed E-state index contributed by atoms with van der Waals surface area (Å²) >= 11 is 0. The average Bonchev–Trinajstić information content (AvgIpc) is 2.57. The summed E-state index contributed by atoms with van der Waals surface area (Å²) in [6.07, 6.45) is 1.28. The minimum absolute atomic E-state index is 0.0952. The lowest BCUT2D eigenvalue weighted by Gasteiger charge is -2.16. The minimum atomic E-state index is -0.511. The molecule has 0 saturated heterocycles. The Morgan fingerprint density at radius 2 is 1.96 bits per heavy atom. The van der Waals surface area contributed by atoms with Crippen molar-refractivity contribution >= 4 is 17.3 Å². The molecule has 0 radical (unpaired) electrons. The molecule has 2 rings (SSSR count). The first-order valence-electron chi connectivity index (χ1n) is 7.95. The summed E-state index contributed by atoms with van der Waals surface area (Å²) in [6.45, 7) is 5.98. The number of para-hydroxylation sites is 1. The van der Waals surface area contributed by atoms with Crippen LogP contribution in [0.15, 0.2) is 54.2 Å². The van der Waals surface area contributed by atoms with Crippen molar-refractivity contribution in [2.45, 2.75) is 26.7 Å². The van der Waals surface area contributed by atoms with E-state index in [0.717, 1.165) is 16.8 Å². The van der Waals surface area contributed by atoms with Crippen molar-refractivity contribution in [3.8, 4) is 6.07 Å². The van der Waals surface area contributed by atoms with Crippen LogP contribution in [0.3, 0.4) is 0 Å². The lowest BCUT2D eigenvalue weighted by Crippen LogP contribution is -2.17. The van der Waals surface area contributed by atoms with Crippen LogP contribution in [0.2, 0.25) is 0 Å². The fourth-order valence-corrected chi connectivity index (χ4v) is 2.41. The number of hydrogen-bond donors (Lipinski definition) is 2. The second-order valence-electron chi connectivity index (χ2n) is 5.97. The molecule has 128 valence electrons. The fraction of sp³-hybridized carbons (Fsp3) is 0.200. The molecule has 4 nitrogen and oxygen atoms in total. The molecule has 25 heavy (non-hydrogen) atoms. The van der Waals surface area contributed by atoms with Gasteiger partial charge in [0.2, 0.25) is 0 Å². The van der Waals surface area contributed by atoms with E-state index in [1.165, 1.54) is 18.3 Å². The Morgan fingerprint density at radius 3 is 2.60 bits per heavy atom. The van der Waals surface area contributed by atoms with Crippen LogP contribution in [0.1, 0.15) is 30.9 Å². The highest BCUT2D eigenvalue weighted by atomic mass is 19.1. The molecule has 2 aromatic carbocycles. The summed E-state index contributed by atoms with van der Waals surface area (Å²) in [5, 5.41) is 14.8. The first-order chi connectivity index (χ1) is 11.9. The smallest absolute Gasteiger partial charge is 0.267 e. The highest BCUT2D eigenvalue weighted by Crippen LogP contribution is 2.27. The Hall–Kier alpha value is -3.13. The maximum Gasteiger partial charge on any atom is 0.267 e. The molecule has 0 fully saturated rings. The highest BCUT2D eigenvalue weighted by molar-refractivity contribution is 6.07. The van der Waals surface area contributed by atoms with Crippen molar-refractivity contribution < 1.29 is 9.18 Å². The molecular weight excluding hydrogens is 317 g/mol. The molecule has 0 aliphatic carbocycles. The number of carbonyl (C=O) groups is 1. The van der Waals surface area contributed by atoms with Gasteiger partial charge in [0, 0.05) is 17.6 Å². The molecule has 0 aromatic heterocycles. The summed E-state index contributed by atoms with van der Waals surface area (Å²) in [6, 6.07) is 13.4. The van der Waals surface area contributed by atoms with Crippen molar-refractivity contribution in [3.05, 3.63) is 71.2 Å². The number of hydrogen-bond acceptors (Lipinski definition) is 3. The number of nitrogens with zero attached hydrogens (tertiary/aromatic N) is 1. The van der Waals surface area contributed by atoms with E-state index < -0.39 is 11.7 Å². The van der Waals surface area contributed by atoms with Gasteiger partial charge in [-0.1, -0.05) is 38.1 Å². The summed E-state index contributed by atoms with van der Waals surface area (Å²) < 4.78 is 13.2. The number of amides is 1. The van der Waals surface area contributed by atoms with Crippen LogP contribution in [0.5, 0.6) is 0 Å². The van der Waals surface area contributed by atoms with Crippen LogP contribution in [-0.2, 0) is 4.79 Å². The molecule has 2 N–H and O–H groups in total. The van der Waals surface area contributed by atoms with Gasteiger partial charge in [0.1, 0.15) is 17.5 Å². The number of nitriles is 1. The Balaban J connectivity index is 2.21. The molecule has 0 heterocycles. The molecule has 0 unspecified atom stereocenters. The molecular formula is C20H20FN3O. The van der Waals surface area contributed by atoms with Gasteiger partial charge in [-0.3, -0.25) is 4.79 Å². The number of aryl methyl sites for hydroxylation is 1. The highest BCUT2D eigenvalue weighted by Gasteiger charge is 2.15. The van der Waals surface area contributed by atoms with Gasteiger partial charge < -0.3 is 10.6 Å². The third-order valence-electron chi connectivity index (χ3n) is 3.74. The summed E-state index contributed by atoms with van der Waals surface area (Å²) in [5.74, 6) is -0.680. The lowest BCUT2D eigenvalue weighted by atomic mass is 9.98. The zero-order chi connectivity index (χ0) is 18.4. The number of rotatable bonds is 5. The molecule has 5 heteroatoms. The van der Waals surface area contributed by atoms with Gasteiger partial charge >= 0.3 is 0 Å². The minimum Gasteiger partial charge on any atom is -0.360 e. The van der Waals surface area contributed by atoms with Crippen LogP contribution in [-0.4, -0.2) is 5.91 Å². The Labute approximate surface area is 147 Å². The molecule has 1 amide bonds.